The van der Waals surface area contributed by atoms with Crippen molar-refractivity contribution >= 4 is 43.0 Å². The highest BCUT2D eigenvalue weighted by Gasteiger charge is 2.36. The molecular formula is C53H40N2OS. The summed E-state index contributed by atoms with van der Waals surface area (Å²) in [5.74, 6) is 0. The van der Waals surface area contributed by atoms with Gasteiger partial charge in [0.05, 0.1) is 15.5 Å². The van der Waals surface area contributed by atoms with E-state index >= 15 is 4.21 Å². The van der Waals surface area contributed by atoms with Crippen molar-refractivity contribution in [2.24, 2.45) is 4.36 Å². The second-order valence-electron chi connectivity index (χ2n) is 15.2. The molecule has 8 aromatic rings. The van der Waals surface area contributed by atoms with Crippen molar-refractivity contribution in [1.82, 2.24) is 0 Å². The molecule has 4 heteroatoms. The number of rotatable bonds is 7. The first-order valence-corrected chi connectivity index (χ1v) is 20.9. The molecule has 2 aliphatic rings. The molecule has 8 aromatic carbocycles. The second-order valence-corrected chi connectivity index (χ2v) is 17.3. The predicted molar refractivity (Wildman–Crippen MR) is 238 cm³/mol. The van der Waals surface area contributed by atoms with E-state index in [2.05, 4.69) is 152 Å². The van der Waals surface area contributed by atoms with Gasteiger partial charge in [0, 0.05) is 33.6 Å². The Balaban J connectivity index is 1.15. The van der Waals surface area contributed by atoms with Crippen molar-refractivity contribution in [2.75, 3.05) is 4.90 Å². The molecule has 1 aliphatic heterocycles. The van der Waals surface area contributed by atoms with E-state index in [9.17, 15) is 0 Å². The van der Waals surface area contributed by atoms with Crippen molar-refractivity contribution in [3.05, 3.63) is 234 Å². The minimum atomic E-state index is -3.10. The van der Waals surface area contributed by atoms with E-state index in [0.717, 1.165) is 55.5 Å². The van der Waals surface area contributed by atoms with E-state index in [-0.39, 0.29) is 5.41 Å². The van der Waals surface area contributed by atoms with Gasteiger partial charge >= 0.3 is 0 Å². The molecule has 10 rings (SSSR count). The Morgan fingerprint density at radius 1 is 0.439 bits per heavy atom. The molecule has 0 N–H and O–H groups in total. The Morgan fingerprint density at radius 3 is 1.60 bits per heavy atom. The summed E-state index contributed by atoms with van der Waals surface area (Å²) in [5.41, 5.74) is 15.1. The quantitative estimate of drug-likeness (QED) is 0.162. The van der Waals surface area contributed by atoms with Gasteiger partial charge in [0.2, 0.25) is 0 Å². The van der Waals surface area contributed by atoms with Gasteiger partial charge in [-0.25, -0.2) is 4.21 Å². The smallest absolute Gasteiger partial charge is 0.110 e. The topological polar surface area (TPSA) is 32.7 Å². The molecule has 0 fully saturated rings. The SMILES string of the molecule is CC1(C)c2ccccc2-c2ccc(N(c3ccc(C4=C(c5ccccc5)c5ccccc5N=S4(=O)c4ccccc4)cc3)c3ccc(-c4ccccc4)cc3)cc21. The molecule has 1 atom stereocenters. The van der Waals surface area contributed by atoms with Crippen LogP contribution in [0.2, 0.25) is 0 Å². The molecule has 0 aromatic heterocycles. The van der Waals surface area contributed by atoms with Crippen LogP contribution in [0.5, 0.6) is 0 Å². The fourth-order valence-electron chi connectivity index (χ4n) is 8.65. The van der Waals surface area contributed by atoms with Crippen LogP contribution in [0.25, 0.3) is 32.7 Å². The van der Waals surface area contributed by atoms with Crippen LogP contribution in [0.1, 0.15) is 41.7 Å². The van der Waals surface area contributed by atoms with E-state index in [1.54, 1.807) is 0 Å². The third kappa shape index (κ3) is 5.84. The zero-order valence-corrected chi connectivity index (χ0v) is 32.7. The molecule has 3 nitrogen and oxygen atoms in total. The van der Waals surface area contributed by atoms with Crippen LogP contribution >= 0.6 is 0 Å². The standard InChI is InChI=1S/C53H40N2OS/c1-53(2)48-24-14-12-22-45(48)46-35-34-43(36-49(46)53)55(41-30-26-38(27-31-41)37-16-6-3-7-17-37)42-32-28-40(29-33-42)52-51(39-18-8-4-9-19-39)47-23-13-15-25-50(47)54-57(52,56)44-20-10-5-11-21-44/h3-36H,1-2H3. The largest absolute Gasteiger partial charge is 0.310 e. The molecule has 0 amide bonds. The molecule has 0 radical (unpaired) electrons. The highest BCUT2D eigenvalue weighted by molar-refractivity contribution is 8.03. The van der Waals surface area contributed by atoms with Gasteiger partial charge in [-0.3, -0.25) is 0 Å². The maximum atomic E-state index is 15.7. The summed E-state index contributed by atoms with van der Waals surface area (Å²) >= 11 is 0. The molecule has 0 bridgehead atoms. The fraction of sp³-hybridized carbons (Fsp3) is 0.0566. The molecule has 1 aliphatic carbocycles. The van der Waals surface area contributed by atoms with Gasteiger partial charge in [-0.2, -0.15) is 4.36 Å². The Morgan fingerprint density at radius 2 is 0.930 bits per heavy atom. The summed E-state index contributed by atoms with van der Waals surface area (Å²) in [5, 5.41) is 0. The van der Waals surface area contributed by atoms with Crippen LogP contribution in [-0.4, -0.2) is 4.21 Å². The maximum absolute atomic E-state index is 15.7. The number of fused-ring (bicyclic) bond motifs is 4. The first kappa shape index (κ1) is 34.7. The van der Waals surface area contributed by atoms with Gasteiger partial charge in [0.25, 0.3) is 0 Å². The molecule has 274 valence electrons. The van der Waals surface area contributed by atoms with Crippen LogP contribution in [-0.2, 0) is 15.1 Å². The number of hydrogen-bond donors (Lipinski definition) is 0. The van der Waals surface area contributed by atoms with Gasteiger partial charge < -0.3 is 4.90 Å². The Kier molecular flexibility index (Phi) is 8.39. The van der Waals surface area contributed by atoms with Gasteiger partial charge in [-0.15, -0.1) is 0 Å². The fourth-order valence-corrected chi connectivity index (χ4v) is 11.0. The van der Waals surface area contributed by atoms with Crippen molar-refractivity contribution in [3.63, 3.8) is 0 Å². The first-order valence-electron chi connectivity index (χ1n) is 19.4. The lowest BCUT2D eigenvalue weighted by molar-refractivity contribution is 0.660. The molecular weight excluding hydrogens is 713 g/mol. The van der Waals surface area contributed by atoms with Crippen molar-refractivity contribution < 1.29 is 4.21 Å². The van der Waals surface area contributed by atoms with Gasteiger partial charge in [0.1, 0.15) is 9.73 Å². The van der Waals surface area contributed by atoms with E-state index in [4.69, 9.17) is 4.36 Å². The zero-order valence-electron chi connectivity index (χ0n) is 31.8. The summed E-state index contributed by atoms with van der Waals surface area (Å²) < 4.78 is 20.8. The summed E-state index contributed by atoms with van der Waals surface area (Å²) in [6.07, 6.45) is 0. The lowest BCUT2D eigenvalue weighted by atomic mass is 9.82. The number of benzene rings is 8. The number of anilines is 3. The average molecular weight is 753 g/mol. The lowest BCUT2D eigenvalue weighted by Crippen LogP contribution is -2.16. The highest BCUT2D eigenvalue weighted by atomic mass is 32.2. The van der Waals surface area contributed by atoms with E-state index in [1.807, 2.05) is 72.8 Å². The van der Waals surface area contributed by atoms with Gasteiger partial charge in [-0.1, -0.05) is 166 Å². The Bertz CT molecular complexity index is 2940. The van der Waals surface area contributed by atoms with Crippen LogP contribution in [0.3, 0.4) is 0 Å². The Hall–Kier alpha value is -6.75. The van der Waals surface area contributed by atoms with E-state index in [0.29, 0.717) is 4.90 Å². The van der Waals surface area contributed by atoms with Crippen LogP contribution in [0.4, 0.5) is 22.7 Å². The van der Waals surface area contributed by atoms with Gasteiger partial charge in [-0.05, 0) is 99.1 Å². The molecule has 0 spiro atoms. The lowest BCUT2D eigenvalue weighted by Gasteiger charge is -2.29. The Labute approximate surface area is 335 Å². The van der Waals surface area contributed by atoms with Crippen molar-refractivity contribution in [1.29, 1.82) is 0 Å². The number of hydrogen-bond acceptors (Lipinski definition) is 3. The van der Waals surface area contributed by atoms with Crippen LogP contribution < -0.4 is 4.90 Å². The van der Waals surface area contributed by atoms with Crippen LogP contribution in [0.15, 0.2) is 216 Å². The summed E-state index contributed by atoms with van der Waals surface area (Å²) in [7, 11) is -3.10. The van der Waals surface area contributed by atoms with Crippen molar-refractivity contribution in [3.8, 4) is 22.3 Å². The average Bonchev–Trinajstić information content (AvgIpc) is 3.50. The summed E-state index contributed by atoms with van der Waals surface area (Å²) in [6, 6.07) is 71.6. The third-order valence-corrected chi connectivity index (χ3v) is 13.8. The van der Waals surface area contributed by atoms with Crippen molar-refractivity contribution in [2.45, 2.75) is 24.2 Å². The molecule has 57 heavy (non-hydrogen) atoms. The first-order chi connectivity index (χ1) is 27.9. The molecule has 0 saturated heterocycles. The maximum Gasteiger partial charge on any atom is 0.110 e. The number of nitrogens with zero attached hydrogens (tertiary/aromatic N) is 2. The van der Waals surface area contributed by atoms with Crippen LogP contribution in [0, 0.1) is 0 Å². The monoisotopic (exact) mass is 752 g/mol. The van der Waals surface area contributed by atoms with Gasteiger partial charge in [0.15, 0.2) is 0 Å². The minimum Gasteiger partial charge on any atom is -0.310 e. The van der Waals surface area contributed by atoms with E-state index < -0.39 is 9.73 Å². The normalized spacial score (nSPS) is 16.2. The molecule has 0 saturated carbocycles. The zero-order chi connectivity index (χ0) is 38.6. The highest BCUT2D eigenvalue weighted by Crippen LogP contribution is 2.51. The predicted octanol–water partition coefficient (Wildman–Crippen LogP) is 14.2. The third-order valence-electron chi connectivity index (χ3n) is 11.5. The molecule has 1 heterocycles. The second kappa shape index (κ2) is 13.8. The molecule has 1 unspecified atom stereocenters. The van der Waals surface area contributed by atoms with E-state index in [1.165, 1.54) is 27.8 Å². The minimum absolute atomic E-state index is 0.145. The summed E-state index contributed by atoms with van der Waals surface area (Å²) in [6.45, 7) is 4.65. The summed E-state index contributed by atoms with van der Waals surface area (Å²) in [4.78, 5) is 3.74.